The maximum absolute atomic E-state index is 12.5. The van der Waals surface area contributed by atoms with Crippen molar-refractivity contribution in [3.8, 4) is 11.6 Å². The molecule has 1 atom stereocenters. The standard InChI is InChI=1S/C18H18N4O4S/c1-25-15-6-3-4-7-16(15)27(24)21-17(23)14-9-8-13(18(20-14)26-2)12-22-11-5-10-19-22/h3-11H,12H2,1-2H3,(H,21,23). The number of para-hydroxylation sites is 1. The lowest BCUT2D eigenvalue weighted by Gasteiger charge is -2.11. The quantitative estimate of drug-likeness (QED) is 0.665. The molecule has 9 heteroatoms. The van der Waals surface area contributed by atoms with Crippen LogP contribution in [-0.4, -0.2) is 39.1 Å². The first-order valence-electron chi connectivity index (χ1n) is 7.99. The highest BCUT2D eigenvalue weighted by atomic mass is 32.2. The molecule has 0 spiro atoms. The van der Waals surface area contributed by atoms with Crippen molar-refractivity contribution in [3.05, 3.63) is 66.1 Å². The maximum atomic E-state index is 12.5. The fraction of sp³-hybridized carbons (Fsp3) is 0.167. The van der Waals surface area contributed by atoms with Crippen LogP contribution in [0.4, 0.5) is 0 Å². The zero-order valence-electron chi connectivity index (χ0n) is 14.8. The lowest BCUT2D eigenvalue weighted by Crippen LogP contribution is -2.27. The fourth-order valence-electron chi connectivity index (χ4n) is 2.42. The minimum Gasteiger partial charge on any atom is -0.495 e. The van der Waals surface area contributed by atoms with E-state index in [9.17, 15) is 9.00 Å². The van der Waals surface area contributed by atoms with Gasteiger partial charge in [-0.05, 0) is 30.3 Å². The van der Waals surface area contributed by atoms with Crippen LogP contribution < -0.4 is 14.2 Å². The van der Waals surface area contributed by atoms with Gasteiger partial charge in [0.15, 0.2) is 11.0 Å². The molecule has 0 saturated carbocycles. The fourth-order valence-corrected chi connectivity index (χ4v) is 3.34. The summed E-state index contributed by atoms with van der Waals surface area (Å²) in [5.74, 6) is 0.153. The zero-order valence-corrected chi connectivity index (χ0v) is 15.6. The number of carbonyl (C=O) groups is 1. The van der Waals surface area contributed by atoms with Crippen molar-refractivity contribution in [2.45, 2.75) is 11.4 Å². The lowest BCUT2D eigenvalue weighted by molar-refractivity contribution is 0.0977. The number of carbonyl (C=O) groups excluding carboxylic acids is 1. The van der Waals surface area contributed by atoms with Crippen molar-refractivity contribution in [2.24, 2.45) is 0 Å². The summed E-state index contributed by atoms with van der Waals surface area (Å²) in [6.07, 6.45) is 3.49. The van der Waals surface area contributed by atoms with Crippen LogP contribution in [0.2, 0.25) is 0 Å². The van der Waals surface area contributed by atoms with Crippen LogP contribution in [0.15, 0.2) is 59.8 Å². The molecule has 1 aromatic carbocycles. The number of nitrogens with zero attached hydrogens (tertiary/aromatic N) is 3. The molecular formula is C18H18N4O4S. The Labute approximate surface area is 158 Å². The van der Waals surface area contributed by atoms with E-state index in [0.29, 0.717) is 23.1 Å². The number of benzene rings is 1. The molecule has 1 N–H and O–H groups in total. The van der Waals surface area contributed by atoms with Gasteiger partial charge in [0.05, 0.1) is 20.8 Å². The predicted molar refractivity (Wildman–Crippen MR) is 99.0 cm³/mol. The predicted octanol–water partition coefficient (Wildman–Crippen LogP) is 1.80. The van der Waals surface area contributed by atoms with E-state index in [1.165, 1.54) is 14.2 Å². The first-order valence-corrected chi connectivity index (χ1v) is 9.14. The summed E-state index contributed by atoms with van der Waals surface area (Å²) < 4.78 is 27.1. The van der Waals surface area contributed by atoms with Crippen LogP contribution in [0, 0.1) is 0 Å². The summed E-state index contributed by atoms with van der Waals surface area (Å²) in [6.45, 7) is 0.457. The van der Waals surface area contributed by atoms with Gasteiger partial charge in [0.25, 0.3) is 5.91 Å². The second-order valence-corrected chi connectivity index (χ2v) is 6.60. The van der Waals surface area contributed by atoms with Crippen molar-refractivity contribution in [2.75, 3.05) is 14.2 Å². The van der Waals surface area contributed by atoms with Gasteiger partial charge in [-0.1, -0.05) is 12.1 Å². The first-order chi connectivity index (χ1) is 13.1. The Morgan fingerprint density at radius 3 is 2.67 bits per heavy atom. The number of aromatic nitrogens is 3. The average molecular weight is 386 g/mol. The number of rotatable bonds is 7. The third-order valence-corrected chi connectivity index (χ3v) is 4.82. The van der Waals surface area contributed by atoms with Crippen molar-refractivity contribution < 1.29 is 18.5 Å². The monoisotopic (exact) mass is 386 g/mol. The third kappa shape index (κ3) is 4.32. The SMILES string of the molecule is COc1ccccc1S(=O)NC(=O)c1ccc(Cn2cccn2)c(OC)n1. The van der Waals surface area contributed by atoms with Crippen LogP contribution in [0.5, 0.6) is 11.6 Å². The maximum Gasteiger partial charge on any atom is 0.281 e. The van der Waals surface area contributed by atoms with Gasteiger partial charge in [-0.3, -0.25) is 14.2 Å². The molecule has 0 aliphatic rings. The number of pyridine rings is 1. The van der Waals surface area contributed by atoms with Gasteiger partial charge in [-0.2, -0.15) is 5.10 Å². The molecule has 0 aliphatic heterocycles. The van der Waals surface area contributed by atoms with Crippen molar-refractivity contribution >= 4 is 16.9 Å². The summed E-state index contributed by atoms with van der Waals surface area (Å²) >= 11 is 0. The van der Waals surface area contributed by atoms with E-state index in [2.05, 4.69) is 14.8 Å². The molecule has 0 bridgehead atoms. The van der Waals surface area contributed by atoms with Gasteiger partial charge >= 0.3 is 0 Å². The van der Waals surface area contributed by atoms with Gasteiger partial charge in [0.2, 0.25) is 5.88 Å². The lowest BCUT2D eigenvalue weighted by atomic mass is 10.2. The van der Waals surface area contributed by atoms with Crippen LogP contribution in [0.3, 0.4) is 0 Å². The highest BCUT2D eigenvalue weighted by molar-refractivity contribution is 7.83. The van der Waals surface area contributed by atoms with Crippen molar-refractivity contribution in [1.82, 2.24) is 19.5 Å². The van der Waals surface area contributed by atoms with Crippen LogP contribution in [0.1, 0.15) is 16.1 Å². The molecule has 2 heterocycles. The molecule has 8 nitrogen and oxygen atoms in total. The summed E-state index contributed by atoms with van der Waals surface area (Å²) in [7, 11) is 1.17. The number of methoxy groups -OCH3 is 2. The molecule has 2 aromatic heterocycles. The largest absolute Gasteiger partial charge is 0.495 e. The highest BCUT2D eigenvalue weighted by Gasteiger charge is 2.17. The number of hydrogen-bond donors (Lipinski definition) is 1. The summed E-state index contributed by atoms with van der Waals surface area (Å²) in [4.78, 5) is 17.0. The van der Waals surface area contributed by atoms with Gasteiger partial charge in [-0.15, -0.1) is 0 Å². The van der Waals surface area contributed by atoms with Crippen molar-refractivity contribution in [1.29, 1.82) is 0 Å². The van der Waals surface area contributed by atoms with Gasteiger partial charge < -0.3 is 9.47 Å². The Kier molecular flexibility index (Phi) is 5.82. The Morgan fingerprint density at radius 2 is 1.96 bits per heavy atom. The molecule has 3 aromatic rings. The number of ether oxygens (including phenoxy) is 2. The average Bonchev–Trinajstić information content (AvgIpc) is 3.21. The van der Waals surface area contributed by atoms with E-state index in [1.54, 1.807) is 47.3 Å². The number of hydrogen-bond acceptors (Lipinski definition) is 6. The molecule has 0 saturated heterocycles. The molecular weight excluding hydrogens is 368 g/mol. The van der Waals surface area contributed by atoms with Gasteiger partial charge in [-0.25, -0.2) is 9.19 Å². The molecule has 1 unspecified atom stereocenters. The number of amides is 1. The van der Waals surface area contributed by atoms with E-state index < -0.39 is 16.9 Å². The third-order valence-electron chi connectivity index (χ3n) is 3.71. The minimum atomic E-state index is -1.78. The highest BCUT2D eigenvalue weighted by Crippen LogP contribution is 2.21. The van der Waals surface area contributed by atoms with E-state index in [-0.39, 0.29) is 5.69 Å². The topological polar surface area (TPSA) is 95.3 Å². The van der Waals surface area contributed by atoms with Gasteiger partial charge in [0, 0.05) is 18.0 Å². The van der Waals surface area contributed by atoms with E-state index in [4.69, 9.17) is 9.47 Å². The normalized spacial score (nSPS) is 11.6. The molecule has 0 fully saturated rings. The summed E-state index contributed by atoms with van der Waals surface area (Å²) in [5.41, 5.74) is 0.864. The molecule has 1 amide bonds. The Morgan fingerprint density at radius 1 is 1.15 bits per heavy atom. The Balaban J connectivity index is 1.77. The zero-order chi connectivity index (χ0) is 19.2. The van der Waals surface area contributed by atoms with E-state index >= 15 is 0 Å². The second-order valence-electron chi connectivity index (χ2n) is 5.42. The minimum absolute atomic E-state index is 0.0966. The first kappa shape index (κ1) is 18.6. The summed E-state index contributed by atoms with van der Waals surface area (Å²) in [5, 5.41) is 4.14. The number of nitrogens with one attached hydrogen (secondary N) is 1. The molecule has 0 radical (unpaired) electrons. The van der Waals surface area contributed by atoms with Gasteiger partial charge in [0.1, 0.15) is 16.3 Å². The van der Waals surface area contributed by atoms with Crippen LogP contribution in [-0.2, 0) is 17.5 Å². The molecule has 0 aliphatic carbocycles. The van der Waals surface area contributed by atoms with E-state index in [0.717, 1.165) is 5.56 Å². The molecule has 3 rings (SSSR count). The summed E-state index contributed by atoms with van der Waals surface area (Å²) in [6, 6.07) is 11.9. The smallest absolute Gasteiger partial charge is 0.281 e. The second kappa shape index (κ2) is 8.45. The van der Waals surface area contributed by atoms with Crippen LogP contribution in [0.25, 0.3) is 0 Å². The Bertz CT molecular complexity index is 960. The molecule has 140 valence electrons. The van der Waals surface area contributed by atoms with Crippen molar-refractivity contribution in [3.63, 3.8) is 0 Å². The van der Waals surface area contributed by atoms with E-state index in [1.807, 2.05) is 12.3 Å². The Hall–Kier alpha value is -3.20. The molecule has 27 heavy (non-hydrogen) atoms. The van der Waals surface area contributed by atoms with Crippen LogP contribution >= 0.6 is 0 Å².